The molecule has 0 N–H and O–H groups in total. The van der Waals surface area contributed by atoms with E-state index in [1.54, 1.807) is 6.92 Å². The number of hydrogen-bond acceptors (Lipinski definition) is 3. The first-order valence-corrected chi connectivity index (χ1v) is 15.1. The zero-order chi connectivity index (χ0) is 27.2. The lowest BCUT2D eigenvalue weighted by molar-refractivity contribution is -0.0517. The summed E-state index contributed by atoms with van der Waals surface area (Å²) in [5, 5.41) is 0. The van der Waals surface area contributed by atoms with Crippen molar-refractivity contribution in [3.63, 3.8) is 0 Å². The predicted molar refractivity (Wildman–Crippen MR) is 151 cm³/mol. The van der Waals surface area contributed by atoms with Crippen LogP contribution >= 0.6 is 0 Å². The fraction of sp³-hybridized carbons (Fsp3) is 0.588. The van der Waals surface area contributed by atoms with E-state index in [4.69, 9.17) is 14.2 Å². The van der Waals surface area contributed by atoms with Crippen molar-refractivity contribution >= 4 is 0 Å². The number of ether oxygens (including phenoxy) is 3. The van der Waals surface area contributed by atoms with E-state index in [2.05, 4.69) is 36.9 Å². The summed E-state index contributed by atoms with van der Waals surface area (Å²) in [5.41, 5.74) is 2.33. The summed E-state index contributed by atoms with van der Waals surface area (Å²) in [7, 11) is 0. The Morgan fingerprint density at radius 1 is 0.769 bits per heavy atom. The Hall–Kier alpha value is -2.40. The molecule has 2 aromatic carbocycles. The van der Waals surface area contributed by atoms with Crippen molar-refractivity contribution in [2.24, 2.45) is 23.7 Å². The molecule has 2 aromatic rings. The van der Waals surface area contributed by atoms with Crippen molar-refractivity contribution in [3.8, 4) is 11.5 Å². The van der Waals surface area contributed by atoms with E-state index >= 15 is 0 Å². The Morgan fingerprint density at radius 3 is 1.92 bits per heavy atom. The first-order chi connectivity index (χ1) is 19.1. The number of benzene rings is 2. The lowest BCUT2D eigenvalue weighted by Crippen LogP contribution is -2.35. The molecule has 0 radical (unpaired) electrons. The Balaban J connectivity index is 1.05. The minimum Gasteiger partial charge on any atom is -0.491 e. The van der Waals surface area contributed by atoms with Gasteiger partial charge in [0.15, 0.2) is 11.5 Å². The molecule has 212 valence electrons. The third-order valence-corrected chi connectivity index (χ3v) is 9.62. The van der Waals surface area contributed by atoms with Crippen molar-refractivity contribution in [1.82, 2.24) is 0 Å². The van der Waals surface area contributed by atoms with Gasteiger partial charge in [-0.3, -0.25) is 0 Å². The fourth-order valence-electron chi connectivity index (χ4n) is 7.20. The second-order valence-electron chi connectivity index (χ2n) is 11.9. The second-order valence-corrected chi connectivity index (χ2v) is 11.9. The maximum Gasteiger partial charge on any atom is 0.204 e. The Labute approximate surface area is 232 Å². The van der Waals surface area contributed by atoms with Crippen LogP contribution in [0.5, 0.6) is 11.5 Å². The minimum atomic E-state index is -1.01. The number of rotatable bonds is 9. The zero-order valence-electron chi connectivity index (χ0n) is 23.4. The monoisotopic (exact) mass is 538 g/mol. The number of hydrogen-bond donors (Lipinski definition) is 0. The quantitative estimate of drug-likeness (QED) is 0.298. The second kappa shape index (κ2) is 13.3. The van der Waals surface area contributed by atoms with E-state index in [-0.39, 0.29) is 24.7 Å². The topological polar surface area (TPSA) is 27.7 Å². The lowest BCUT2D eigenvalue weighted by atomic mass is 9.67. The molecule has 3 nitrogen and oxygen atoms in total. The average Bonchev–Trinajstić information content (AvgIpc) is 3.00. The highest BCUT2D eigenvalue weighted by molar-refractivity contribution is 5.35. The van der Waals surface area contributed by atoms with Gasteiger partial charge in [0.1, 0.15) is 6.61 Å². The summed E-state index contributed by atoms with van der Waals surface area (Å²) < 4.78 is 45.3. The van der Waals surface area contributed by atoms with Crippen LogP contribution in [0.3, 0.4) is 0 Å². The van der Waals surface area contributed by atoms with Crippen LogP contribution in [0.4, 0.5) is 8.78 Å². The maximum atomic E-state index is 14.3. The average molecular weight is 539 g/mol. The third-order valence-electron chi connectivity index (χ3n) is 9.62. The smallest absolute Gasteiger partial charge is 0.204 e. The lowest BCUT2D eigenvalue weighted by Gasteiger charge is -2.41. The minimum absolute atomic E-state index is 0.0923. The molecule has 39 heavy (non-hydrogen) atoms. The van der Waals surface area contributed by atoms with Crippen molar-refractivity contribution in [3.05, 3.63) is 71.8 Å². The van der Waals surface area contributed by atoms with Gasteiger partial charge in [-0.2, -0.15) is 8.78 Å². The van der Waals surface area contributed by atoms with Gasteiger partial charge >= 0.3 is 0 Å². The van der Waals surface area contributed by atoms with E-state index in [0.717, 1.165) is 29.9 Å². The molecule has 5 rings (SSSR count). The van der Waals surface area contributed by atoms with Crippen molar-refractivity contribution < 1.29 is 23.0 Å². The van der Waals surface area contributed by atoms with Crippen LogP contribution in [-0.4, -0.2) is 19.3 Å². The molecule has 1 saturated heterocycles. The molecule has 2 saturated carbocycles. The van der Waals surface area contributed by atoms with E-state index in [0.29, 0.717) is 17.9 Å². The largest absolute Gasteiger partial charge is 0.491 e. The molecule has 0 bridgehead atoms. The van der Waals surface area contributed by atoms with Gasteiger partial charge in [-0.1, -0.05) is 30.3 Å². The number of halogens is 2. The molecule has 0 spiro atoms. The van der Waals surface area contributed by atoms with Gasteiger partial charge in [0.2, 0.25) is 11.6 Å². The molecule has 2 atom stereocenters. The summed E-state index contributed by atoms with van der Waals surface area (Å²) in [5.74, 6) is 1.48. The summed E-state index contributed by atoms with van der Waals surface area (Å²) in [6.45, 7) is 7.00. The van der Waals surface area contributed by atoms with Crippen LogP contribution < -0.4 is 9.47 Å². The molecule has 2 unspecified atom stereocenters. The van der Waals surface area contributed by atoms with Gasteiger partial charge in [-0.25, -0.2) is 0 Å². The van der Waals surface area contributed by atoms with E-state index in [1.807, 2.05) is 0 Å². The standard InChI is InChI=1S/C34H44F2O3/c1-3-23-7-18-30(38-21-23)29-16-14-28(15-17-29)27-12-10-26(11-13-27)25-8-5-24(6-9-25)22-39-32-20-19-31(37-4-2)33(35)34(32)36/h3,5-6,8-9,19-20,23,26-30H,1,4,7,10-18,21-22H2,2H3. The highest BCUT2D eigenvalue weighted by Gasteiger charge is 2.35. The molecule has 1 aliphatic heterocycles. The first kappa shape index (κ1) is 28.1. The van der Waals surface area contributed by atoms with E-state index in [9.17, 15) is 8.78 Å². The van der Waals surface area contributed by atoms with Crippen LogP contribution in [0.1, 0.15) is 88.2 Å². The third kappa shape index (κ3) is 6.85. The van der Waals surface area contributed by atoms with Gasteiger partial charge < -0.3 is 14.2 Å². The van der Waals surface area contributed by atoms with Crippen LogP contribution in [0, 0.1) is 35.3 Å². The molecule has 5 heteroatoms. The SMILES string of the molecule is C=CC1CCC(C2CCC(C3CCC(c4ccc(COc5ccc(OCC)c(F)c5F)cc4)CC3)CC2)OC1. The maximum absolute atomic E-state index is 14.3. The van der Waals surface area contributed by atoms with Gasteiger partial charge in [-0.15, -0.1) is 6.58 Å². The van der Waals surface area contributed by atoms with Gasteiger partial charge in [0, 0.05) is 5.92 Å². The summed E-state index contributed by atoms with van der Waals surface area (Å²) >= 11 is 0. The zero-order valence-corrected chi connectivity index (χ0v) is 23.4. The Morgan fingerprint density at radius 2 is 1.36 bits per heavy atom. The van der Waals surface area contributed by atoms with E-state index < -0.39 is 11.6 Å². The van der Waals surface area contributed by atoms with E-state index in [1.165, 1.54) is 81.9 Å². The molecule has 0 aromatic heterocycles. The molecule has 2 aliphatic carbocycles. The molecular formula is C34H44F2O3. The van der Waals surface area contributed by atoms with Crippen LogP contribution in [-0.2, 0) is 11.3 Å². The van der Waals surface area contributed by atoms with Gasteiger partial charge in [-0.05, 0) is 118 Å². The Bertz CT molecular complexity index is 1060. The Kier molecular flexibility index (Phi) is 9.60. The molecule has 3 aliphatic rings. The highest BCUT2D eigenvalue weighted by Crippen LogP contribution is 2.45. The van der Waals surface area contributed by atoms with Crippen molar-refractivity contribution in [2.75, 3.05) is 13.2 Å². The molecule has 1 heterocycles. The van der Waals surface area contributed by atoms with Crippen LogP contribution in [0.25, 0.3) is 0 Å². The van der Waals surface area contributed by atoms with Crippen LogP contribution in [0.2, 0.25) is 0 Å². The van der Waals surface area contributed by atoms with Gasteiger partial charge in [0.25, 0.3) is 0 Å². The summed E-state index contributed by atoms with van der Waals surface area (Å²) in [4.78, 5) is 0. The molecule has 3 fully saturated rings. The highest BCUT2D eigenvalue weighted by atomic mass is 19.2. The summed E-state index contributed by atoms with van der Waals surface area (Å²) in [6, 6.07) is 11.3. The predicted octanol–water partition coefficient (Wildman–Crippen LogP) is 9.00. The van der Waals surface area contributed by atoms with Crippen LogP contribution in [0.15, 0.2) is 49.1 Å². The molecule has 0 amide bonds. The van der Waals surface area contributed by atoms with Crippen molar-refractivity contribution in [2.45, 2.75) is 89.8 Å². The summed E-state index contributed by atoms with van der Waals surface area (Å²) in [6.07, 6.45) is 15.6. The fourth-order valence-corrected chi connectivity index (χ4v) is 7.20. The first-order valence-electron chi connectivity index (χ1n) is 15.1. The molecular weight excluding hydrogens is 494 g/mol. The van der Waals surface area contributed by atoms with Crippen molar-refractivity contribution in [1.29, 1.82) is 0 Å². The van der Waals surface area contributed by atoms with Gasteiger partial charge in [0.05, 0.1) is 19.3 Å². The normalized spacial score (nSPS) is 29.5.